The van der Waals surface area contributed by atoms with Gasteiger partial charge in [0.2, 0.25) is 0 Å². The Morgan fingerprint density at radius 3 is 2.47 bits per heavy atom. The molecule has 0 unspecified atom stereocenters. The van der Waals surface area contributed by atoms with E-state index in [1.807, 2.05) is 42.5 Å². The second-order valence-corrected chi connectivity index (χ2v) is 6.48. The summed E-state index contributed by atoms with van der Waals surface area (Å²) in [5, 5.41) is 0. The highest BCUT2D eigenvalue weighted by atomic mass is 127. The minimum atomic E-state index is 0.0775. The molecule has 3 heteroatoms. The van der Waals surface area contributed by atoms with Crippen LogP contribution < -0.4 is 0 Å². The van der Waals surface area contributed by atoms with Crippen LogP contribution in [0.3, 0.4) is 0 Å². The van der Waals surface area contributed by atoms with Gasteiger partial charge in [0, 0.05) is 19.2 Å². The van der Waals surface area contributed by atoms with Crippen LogP contribution in [0.5, 0.6) is 0 Å². The Morgan fingerprint density at radius 1 is 1.16 bits per heavy atom. The maximum Gasteiger partial charge on any atom is 0.194 e. The number of carbonyl (C=O) groups excluding carboxylic acids is 1. The molecule has 98 valence electrons. The van der Waals surface area contributed by atoms with Gasteiger partial charge < -0.3 is 0 Å². The number of benzene rings is 2. The van der Waals surface area contributed by atoms with Crippen molar-refractivity contribution in [2.45, 2.75) is 19.8 Å². The van der Waals surface area contributed by atoms with Gasteiger partial charge in [0.15, 0.2) is 5.78 Å². The van der Waals surface area contributed by atoms with Gasteiger partial charge in [-0.15, -0.1) is 0 Å². The molecule has 0 aliphatic rings. The number of hydrogen-bond donors (Lipinski definition) is 0. The molecule has 0 fully saturated rings. The molecule has 0 heterocycles. The summed E-state index contributed by atoms with van der Waals surface area (Å²) in [4.78, 5) is 12.5. The molecule has 2 rings (SSSR count). The molecule has 0 N–H and O–H groups in total. The lowest BCUT2D eigenvalue weighted by atomic mass is 10.0. The average Bonchev–Trinajstić information content (AvgIpc) is 2.42. The number of aryl methyl sites for hydroxylation is 1. The van der Waals surface area contributed by atoms with Gasteiger partial charge in [-0.1, -0.05) is 53.5 Å². The number of hydrogen-bond acceptors (Lipinski definition) is 1. The number of ketones is 1. The van der Waals surface area contributed by atoms with Crippen LogP contribution in [-0.2, 0) is 6.42 Å². The van der Waals surface area contributed by atoms with Crippen LogP contribution in [0.25, 0.3) is 0 Å². The molecule has 0 aliphatic carbocycles. The summed E-state index contributed by atoms with van der Waals surface area (Å²) in [5.74, 6) is 0.0775. The van der Waals surface area contributed by atoms with Crippen molar-refractivity contribution in [1.29, 1.82) is 0 Å². The molecule has 0 aromatic heterocycles. The fourth-order valence-corrected chi connectivity index (χ4v) is 2.88. The standard InChI is InChI=1S/C16H14BrIO/c1-2-3-11-4-6-12(7-5-11)16(19)14-10-13(17)8-9-15(14)18/h4-10H,2-3H2,1H3. The first-order valence-corrected chi connectivity index (χ1v) is 8.07. The van der Waals surface area contributed by atoms with E-state index in [0.717, 1.165) is 32.0 Å². The lowest BCUT2D eigenvalue weighted by Gasteiger charge is -2.06. The Kier molecular flexibility index (Phi) is 5.16. The second-order valence-electron chi connectivity index (χ2n) is 4.40. The van der Waals surface area contributed by atoms with Gasteiger partial charge in [-0.25, -0.2) is 0 Å². The molecule has 0 aliphatic heterocycles. The van der Waals surface area contributed by atoms with E-state index in [9.17, 15) is 4.79 Å². The predicted octanol–water partition coefficient (Wildman–Crippen LogP) is 5.24. The quantitative estimate of drug-likeness (QED) is 0.480. The Hall–Kier alpha value is -0.680. The Balaban J connectivity index is 2.30. The summed E-state index contributed by atoms with van der Waals surface area (Å²) < 4.78 is 1.90. The molecule has 0 saturated heterocycles. The van der Waals surface area contributed by atoms with E-state index in [4.69, 9.17) is 0 Å². The smallest absolute Gasteiger partial charge is 0.194 e. The monoisotopic (exact) mass is 428 g/mol. The normalized spacial score (nSPS) is 10.5. The fraction of sp³-hybridized carbons (Fsp3) is 0.188. The topological polar surface area (TPSA) is 17.1 Å². The minimum absolute atomic E-state index is 0.0775. The molecule has 0 bridgehead atoms. The number of carbonyl (C=O) groups is 1. The van der Waals surface area contributed by atoms with Gasteiger partial charge in [0.1, 0.15) is 0 Å². The number of halogens is 2. The van der Waals surface area contributed by atoms with E-state index < -0.39 is 0 Å². The predicted molar refractivity (Wildman–Crippen MR) is 90.7 cm³/mol. The molecule has 0 saturated carbocycles. The van der Waals surface area contributed by atoms with Gasteiger partial charge in [-0.2, -0.15) is 0 Å². The molecule has 0 amide bonds. The lowest BCUT2D eigenvalue weighted by molar-refractivity contribution is 0.103. The first-order chi connectivity index (χ1) is 9.11. The zero-order valence-corrected chi connectivity index (χ0v) is 14.4. The Labute approximate surface area is 135 Å². The Bertz CT molecular complexity index is 590. The molecule has 19 heavy (non-hydrogen) atoms. The van der Waals surface area contributed by atoms with Gasteiger partial charge in [0.05, 0.1) is 0 Å². The highest BCUT2D eigenvalue weighted by Gasteiger charge is 2.12. The van der Waals surface area contributed by atoms with Crippen LogP contribution >= 0.6 is 38.5 Å². The maximum atomic E-state index is 12.5. The van der Waals surface area contributed by atoms with Crippen LogP contribution in [0.1, 0.15) is 34.8 Å². The Morgan fingerprint density at radius 2 is 1.84 bits per heavy atom. The zero-order valence-electron chi connectivity index (χ0n) is 10.6. The van der Waals surface area contributed by atoms with Crippen molar-refractivity contribution in [1.82, 2.24) is 0 Å². The van der Waals surface area contributed by atoms with Crippen molar-refractivity contribution in [3.63, 3.8) is 0 Å². The molecular weight excluding hydrogens is 415 g/mol. The van der Waals surface area contributed by atoms with Crippen molar-refractivity contribution in [2.24, 2.45) is 0 Å². The van der Waals surface area contributed by atoms with Crippen LogP contribution in [0.2, 0.25) is 0 Å². The van der Waals surface area contributed by atoms with E-state index in [-0.39, 0.29) is 5.78 Å². The van der Waals surface area contributed by atoms with Crippen LogP contribution in [0, 0.1) is 3.57 Å². The van der Waals surface area contributed by atoms with E-state index in [1.165, 1.54) is 5.56 Å². The summed E-state index contributed by atoms with van der Waals surface area (Å²) >= 11 is 5.61. The van der Waals surface area contributed by atoms with E-state index >= 15 is 0 Å². The fourth-order valence-electron chi connectivity index (χ4n) is 1.94. The molecular formula is C16H14BrIO. The third-order valence-corrected chi connectivity index (χ3v) is 4.36. The van der Waals surface area contributed by atoms with Gasteiger partial charge in [0.25, 0.3) is 0 Å². The summed E-state index contributed by atoms with van der Waals surface area (Å²) in [6.07, 6.45) is 2.18. The molecule has 2 aromatic rings. The number of rotatable bonds is 4. The average molecular weight is 429 g/mol. The van der Waals surface area contributed by atoms with Crippen LogP contribution in [0.4, 0.5) is 0 Å². The van der Waals surface area contributed by atoms with Crippen molar-refractivity contribution in [2.75, 3.05) is 0 Å². The van der Waals surface area contributed by atoms with Crippen molar-refractivity contribution >= 4 is 44.3 Å². The summed E-state index contributed by atoms with van der Waals surface area (Å²) in [6, 6.07) is 13.7. The van der Waals surface area contributed by atoms with Gasteiger partial charge in [-0.3, -0.25) is 4.79 Å². The first-order valence-electron chi connectivity index (χ1n) is 6.20. The highest BCUT2D eigenvalue weighted by molar-refractivity contribution is 14.1. The summed E-state index contributed by atoms with van der Waals surface area (Å²) in [7, 11) is 0. The lowest BCUT2D eigenvalue weighted by Crippen LogP contribution is -2.04. The van der Waals surface area contributed by atoms with Crippen LogP contribution in [-0.4, -0.2) is 5.78 Å². The first kappa shape index (κ1) is 14.7. The third-order valence-electron chi connectivity index (χ3n) is 2.93. The van der Waals surface area contributed by atoms with Gasteiger partial charge >= 0.3 is 0 Å². The van der Waals surface area contributed by atoms with E-state index in [1.54, 1.807) is 0 Å². The molecule has 0 radical (unpaired) electrons. The highest BCUT2D eigenvalue weighted by Crippen LogP contribution is 2.21. The molecule has 2 aromatic carbocycles. The minimum Gasteiger partial charge on any atom is -0.289 e. The van der Waals surface area contributed by atoms with E-state index in [0.29, 0.717) is 0 Å². The third kappa shape index (κ3) is 3.66. The SMILES string of the molecule is CCCc1ccc(C(=O)c2cc(Br)ccc2I)cc1. The summed E-state index contributed by atoms with van der Waals surface area (Å²) in [6.45, 7) is 2.16. The maximum absolute atomic E-state index is 12.5. The molecule has 0 spiro atoms. The summed E-state index contributed by atoms with van der Waals surface area (Å²) in [5.41, 5.74) is 2.78. The zero-order chi connectivity index (χ0) is 13.8. The van der Waals surface area contributed by atoms with Crippen molar-refractivity contribution in [3.05, 3.63) is 67.2 Å². The van der Waals surface area contributed by atoms with E-state index in [2.05, 4.69) is 45.4 Å². The second kappa shape index (κ2) is 6.66. The van der Waals surface area contributed by atoms with Crippen molar-refractivity contribution < 1.29 is 4.79 Å². The molecule has 0 atom stereocenters. The largest absolute Gasteiger partial charge is 0.289 e. The van der Waals surface area contributed by atoms with Gasteiger partial charge in [-0.05, 0) is 52.8 Å². The van der Waals surface area contributed by atoms with Crippen LogP contribution in [0.15, 0.2) is 46.9 Å². The molecule has 1 nitrogen and oxygen atoms in total. The van der Waals surface area contributed by atoms with Crippen molar-refractivity contribution in [3.8, 4) is 0 Å².